The molecule has 2 aromatic rings. The first-order valence-electron chi connectivity index (χ1n) is 7.69. The third-order valence-electron chi connectivity index (χ3n) is 3.72. The molecule has 2 aromatic heterocycles. The average molecular weight is 382 g/mol. The summed E-state index contributed by atoms with van der Waals surface area (Å²) in [5.41, 5.74) is 0.685. The van der Waals surface area contributed by atoms with Crippen molar-refractivity contribution in [3.05, 3.63) is 24.4 Å². The molecule has 2 amide bonds. The quantitative estimate of drug-likeness (QED) is 0.819. The van der Waals surface area contributed by atoms with Gasteiger partial charge in [-0.15, -0.1) is 10.2 Å². The van der Waals surface area contributed by atoms with Crippen molar-refractivity contribution in [1.82, 2.24) is 24.8 Å². The van der Waals surface area contributed by atoms with Gasteiger partial charge in [0.2, 0.25) is 15.2 Å². The minimum atomic E-state index is -3.25. The summed E-state index contributed by atoms with van der Waals surface area (Å²) in [4.78, 5) is 16.3. The minimum absolute atomic E-state index is 0.230. The van der Waals surface area contributed by atoms with Crippen LogP contribution < -0.4 is 10.6 Å². The molecule has 0 bridgehead atoms. The van der Waals surface area contributed by atoms with E-state index in [1.165, 1.54) is 21.9 Å². The van der Waals surface area contributed by atoms with Gasteiger partial charge in [-0.1, -0.05) is 17.4 Å². The van der Waals surface area contributed by atoms with Crippen molar-refractivity contribution < 1.29 is 13.2 Å². The summed E-state index contributed by atoms with van der Waals surface area (Å²) in [6, 6.07) is 4.81. The molecule has 9 nitrogen and oxygen atoms in total. The topological polar surface area (TPSA) is 117 Å². The molecule has 1 aliphatic heterocycles. The van der Waals surface area contributed by atoms with E-state index in [-0.39, 0.29) is 12.6 Å². The molecule has 25 heavy (non-hydrogen) atoms. The number of aromatic nitrogens is 3. The molecule has 3 rings (SSSR count). The normalized spacial score (nSPS) is 18.7. The molecule has 0 radical (unpaired) electrons. The van der Waals surface area contributed by atoms with E-state index >= 15 is 0 Å². The lowest BCUT2D eigenvalue weighted by Crippen LogP contribution is -2.50. The van der Waals surface area contributed by atoms with E-state index in [9.17, 15) is 13.2 Å². The van der Waals surface area contributed by atoms with Crippen LogP contribution in [-0.2, 0) is 10.0 Å². The predicted octanol–water partition coefficient (Wildman–Crippen LogP) is 1.15. The molecule has 0 aliphatic carbocycles. The zero-order valence-electron chi connectivity index (χ0n) is 13.5. The highest BCUT2D eigenvalue weighted by atomic mass is 32.2. The molecule has 1 unspecified atom stereocenters. The molecular weight excluding hydrogens is 364 g/mol. The number of hydrogen-bond acceptors (Lipinski definition) is 7. The van der Waals surface area contributed by atoms with Crippen LogP contribution in [0.1, 0.15) is 12.8 Å². The van der Waals surface area contributed by atoms with Gasteiger partial charge in [-0.2, -0.15) is 0 Å². The maximum atomic E-state index is 12.1. The Balaban J connectivity index is 1.57. The Morgan fingerprint density at radius 1 is 1.36 bits per heavy atom. The Labute approximate surface area is 149 Å². The van der Waals surface area contributed by atoms with Crippen molar-refractivity contribution >= 4 is 32.5 Å². The highest BCUT2D eigenvalue weighted by Crippen LogP contribution is 2.24. The summed E-state index contributed by atoms with van der Waals surface area (Å²) in [6.45, 7) is 0.768. The fraction of sp³-hybridized carbons (Fsp3) is 0.429. The summed E-state index contributed by atoms with van der Waals surface area (Å²) in [5.74, 6) is 0. The van der Waals surface area contributed by atoms with Crippen LogP contribution in [0, 0.1) is 0 Å². The van der Waals surface area contributed by atoms with Crippen LogP contribution in [0.2, 0.25) is 0 Å². The highest BCUT2D eigenvalue weighted by molar-refractivity contribution is 7.88. The maximum absolute atomic E-state index is 12.1. The number of nitrogens with one attached hydrogen (secondary N) is 2. The highest BCUT2D eigenvalue weighted by Gasteiger charge is 2.27. The largest absolute Gasteiger partial charge is 0.334 e. The molecule has 0 spiro atoms. The second kappa shape index (κ2) is 7.42. The van der Waals surface area contributed by atoms with Gasteiger partial charge in [0.25, 0.3) is 0 Å². The number of pyridine rings is 1. The Morgan fingerprint density at radius 3 is 2.92 bits per heavy atom. The number of carbonyl (C=O) groups excluding carboxylic acids is 1. The summed E-state index contributed by atoms with van der Waals surface area (Å²) in [7, 11) is -3.25. The zero-order chi connectivity index (χ0) is 17.9. The lowest BCUT2D eigenvalue weighted by molar-refractivity contribution is 0.236. The monoisotopic (exact) mass is 382 g/mol. The van der Waals surface area contributed by atoms with Crippen molar-refractivity contribution in [3.63, 3.8) is 0 Å². The van der Waals surface area contributed by atoms with Crippen LogP contribution in [-0.4, -0.2) is 59.3 Å². The maximum Gasteiger partial charge on any atom is 0.321 e. The average Bonchev–Trinajstić information content (AvgIpc) is 3.03. The van der Waals surface area contributed by atoms with Gasteiger partial charge in [0.1, 0.15) is 5.69 Å². The van der Waals surface area contributed by atoms with Gasteiger partial charge in [0.05, 0.1) is 6.26 Å². The van der Waals surface area contributed by atoms with E-state index in [4.69, 9.17) is 0 Å². The number of carbonyl (C=O) groups is 1. The molecule has 11 heteroatoms. The SMILES string of the molecule is CS(=O)(=O)N1CCCC(NC(=O)Nc2nnc(-c3ccccn3)s2)C1. The molecule has 1 fully saturated rings. The Kier molecular flexibility index (Phi) is 5.25. The van der Waals surface area contributed by atoms with Gasteiger partial charge in [-0.25, -0.2) is 17.5 Å². The summed E-state index contributed by atoms with van der Waals surface area (Å²) in [5, 5.41) is 14.3. The third-order valence-corrected chi connectivity index (χ3v) is 5.85. The minimum Gasteiger partial charge on any atom is -0.334 e. The number of sulfonamides is 1. The number of nitrogens with zero attached hydrogens (tertiary/aromatic N) is 4. The van der Waals surface area contributed by atoms with Crippen molar-refractivity contribution in [2.45, 2.75) is 18.9 Å². The summed E-state index contributed by atoms with van der Waals surface area (Å²) < 4.78 is 24.6. The first-order valence-corrected chi connectivity index (χ1v) is 10.4. The molecule has 3 heterocycles. The second-order valence-electron chi connectivity index (χ2n) is 5.69. The van der Waals surface area contributed by atoms with Crippen LogP contribution in [0.4, 0.5) is 9.93 Å². The fourth-order valence-corrected chi connectivity index (χ4v) is 4.17. The van der Waals surface area contributed by atoms with Crippen molar-refractivity contribution in [2.75, 3.05) is 24.7 Å². The van der Waals surface area contributed by atoms with E-state index in [1.54, 1.807) is 12.3 Å². The van der Waals surface area contributed by atoms with Gasteiger partial charge in [-0.3, -0.25) is 10.3 Å². The zero-order valence-corrected chi connectivity index (χ0v) is 15.2. The third kappa shape index (κ3) is 4.71. The molecule has 0 aromatic carbocycles. The molecule has 0 saturated carbocycles. The van der Waals surface area contributed by atoms with Gasteiger partial charge < -0.3 is 5.32 Å². The van der Waals surface area contributed by atoms with Gasteiger partial charge in [0, 0.05) is 25.3 Å². The van der Waals surface area contributed by atoms with Crippen molar-refractivity contribution in [3.8, 4) is 10.7 Å². The van der Waals surface area contributed by atoms with E-state index in [2.05, 4.69) is 25.8 Å². The van der Waals surface area contributed by atoms with Crippen molar-refractivity contribution in [2.24, 2.45) is 0 Å². The molecular formula is C14H18N6O3S2. The fourth-order valence-electron chi connectivity index (χ4n) is 2.55. The van der Waals surface area contributed by atoms with Crippen LogP contribution in [0.25, 0.3) is 10.7 Å². The number of piperidine rings is 1. The second-order valence-corrected chi connectivity index (χ2v) is 8.65. The van der Waals surface area contributed by atoms with E-state index in [0.29, 0.717) is 28.8 Å². The van der Waals surface area contributed by atoms with E-state index in [0.717, 1.165) is 6.42 Å². The molecule has 1 atom stereocenters. The van der Waals surface area contributed by atoms with Crippen LogP contribution in [0.15, 0.2) is 24.4 Å². The Morgan fingerprint density at radius 2 is 2.20 bits per heavy atom. The van der Waals surface area contributed by atoms with E-state index in [1.807, 2.05) is 12.1 Å². The van der Waals surface area contributed by atoms with Gasteiger partial charge in [-0.05, 0) is 25.0 Å². The van der Waals surface area contributed by atoms with E-state index < -0.39 is 16.1 Å². The number of anilines is 1. The lowest BCUT2D eigenvalue weighted by atomic mass is 10.1. The molecule has 1 aliphatic rings. The number of amides is 2. The van der Waals surface area contributed by atoms with Gasteiger partial charge >= 0.3 is 6.03 Å². The predicted molar refractivity (Wildman–Crippen MR) is 94.7 cm³/mol. The van der Waals surface area contributed by atoms with Crippen LogP contribution in [0.3, 0.4) is 0 Å². The van der Waals surface area contributed by atoms with Crippen LogP contribution >= 0.6 is 11.3 Å². The number of rotatable bonds is 4. The van der Waals surface area contributed by atoms with Crippen molar-refractivity contribution in [1.29, 1.82) is 0 Å². The lowest BCUT2D eigenvalue weighted by Gasteiger charge is -2.31. The number of hydrogen-bond donors (Lipinski definition) is 2. The summed E-state index contributed by atoms with van der Waals surface area (Å²) >= 11 is 1.22. The Hall–Kier alpha value is -2.11. The molecule has 134 valence electrons. The molecule has 2 N–H and O–H groups in total. The molecule has 1 saturated heterocycles. The first kappa shape index (κ1) is 17.7. The summed E-state index contributed by atoms with van der Waals surface area (Å²) in [6.07, 6.45) is 4.28. The van der Waals surface area contributed by atoms with Gasteiger partial charge in [0.15, 0.2) is 5.01 Å². The smallest absolute Gasteiger partial charge is 0.321 e. The standard InChI is InChI=1S/C14H18N6O3S2/c1-25(22,23)20-8-4-5-10(9-20)16-13(21)17-14-19-18-12(24-14)11-6-2-3-7-15-11/h2-3,6-7,10H,4-5,8-9H2,1H3,(H2,16,17,19,21). The Bertz CT molecular complexity index is 839. The number of urea groups is 1. The first-order chi connectivity index (χ1) is 11.9. The van der Waals surface area contributed by atoms with Crippen LogP contribution in [0.5, 0.6) is 0 Å².